The molecule has 0 radical (unpaired) electrons. The lowest BCUT2D eigenvalue weighted by Gasteiger charge is -1.96. The van der Waals surface area contributed by atoms with Gasteiger partial charge in [0.15, 0.2) is 5.78 Å². The van der Waals surface area contributed by atoms with Gasteiger partial charge >= 0.3 is 0 Å². The Balaban J connectivity index is 2.57. The molecule has 1 heterocycles. The molecule has 0 atom stereocenters. The molecular weight excluding hydrogens is 198 g/mol. The van der Waals surface area contributed by atoms with Crippen molar-refractivity contribution >= 4 is 22.9 Å². The predicted octanol–water partition coefficient (Wildman–Crippen LogP) is 2.16. The lowest BCUT2D eigenvalue weighted by Crippen LogP contribution is -2.14. The Labute approximate surface area is 77.2 Å². The van der Waals surface area contributed by atoms with E-state index in [-0.39, 0.29) is 0 Å². The van der Waals surface area contributed by atoms with Crippen molar-refractivity contribution in [3.8, 4) is 0 Å². The highest BCUT2D eigenvalue weighted by molar-refractivity contribution is 7.12. The normalized spacial score (nSPS) is 10.4. The van der Waals surface area contributed by atoms with Gasteiger partial charge in [0.2, 0.25) is 5.78 Å². The average Bonchev–Trinajstić information content (AvgIpc) is 2.55. The number of halogens is 2. The van der Waals surface area contributed by atoms with Crippen LogP contribution in [0.15, 0.2) is 17.5 Å². The Morgan fingerprint density at radius 1 is 1.46 bits per heavy atom. The van der Waals surface area contributed by atoms with Crippen LogP contribution in [0, 0.1) is 0 Å². The molecule has 1 aromatic heterocycles. The summed E-state index contributed by atoms with van der Waals surface area (Å²) in [6.07, 6.45) is -3.76. The zero-order chi connectivity index (χ0) is 9.84. The molecule has 0 N–H and O–H groups in total. The van der Waals surface area contributed by atoms with E-state index in [0.29, 0.717) is 4.88 Å². The van der Waals surface area contributed by atoms with Gasteiger partial charge in [0.25, 0.3) is 6.43 Å². The molecule has 1 rings (SSSR count). The summed E-state index contributed by atoms with van der Waals surface area (Å²) in [6.45, 7) is 0. The maximum Gasteiger partial charge on any atom is 0.296 e. The lowest BCUT2D eigenvalue weighted by atomic mass is 10.2. The van der Waals surface area contributed by atoms with Gasteiger partial charge in [-0.15, -0.1) is 11.3 Å². The number of carbonyl (C=O) groups is 2. The SMILES string of the molecule is O=C(CC(=O)C(F)F)c1cccs1. The zero-order valence-electron chi connectivity index (χ0n) is 6.50. The molecule has 0 aliphatic carbocycles. The van der Waals surface area contributed by atoms with E-state index in [4.69, 9.17) is 0 Å². The Morgan fingerprint density at radius 3 is 2.62 bits per heavy atom. The Kier molecular flexibility index (Phi) is 3.25. The summed E-state index contributed by atoms with van der Waals surface area (Å²) in [7, 11) is 0. The van der Waals surface area contributed by atoms with Gasteiger partial charge in [0, 0.05) is 0 Å². The summed E-state index contributed by atoms with van der Waals surface area (Å²) in [5.74, 6) is -1.86. The fraction of sp³-hybridized carbons (Fsp3) is 0.250. The standard InChI is InChI=1S/C8H6F2O2S/c9-8(10)6(12)4-5(11)7-2-1-3-13-7/h1-3,8H,4H2. The smallest absolute Gasteiger partial charge is 0.293 e. The Morgan fingerprint density at radius 2 is 2.15 bits per heavy atom. The molecule has 0 aliphatic heterocycles. The minimum absolute atomic E-state index is 0.342. The average molecular weight is 204 g/mol. The van der Waals surface area contributed by atoms with Crippen LogP contribution < -0.4 is 0 Å². The molecular formula is C8H6F2O2S. The number of alkyl halides is 2. The van der Waals surface area contributed by atoms with Gasteiger partial charge in [-0.2, -0.15) is 0 Å². The molecule has 0 aliphatic rings. The van der Waals surface area contributed by atoms with Crippen LogP contribution in [0.4, 0.5) is 8.78 Å². The maximum absolute atomic E-state index is 11.7. The highest BCUT2D eigenvalue weighted by atomic mass is 32.1. The van der Waals surface area contributed by atoms with Crippen LogP contribution >= 0.6 is 11.3 Å². The van der Waals surface area contributed by atoms with E-state index in [1.807, 2.05) is 0 Å². The van der Waals surface area contributed by atoms with Gasteiger partial charge in [0.1, 0.15) is 0 Å². The Bertz CT molecular complexity index is 306. The second-order valence-electron chi connectivity index (χ2n) is 2.34. The second-order valence-corrected chi connectivity index (χ2v) is 3.29. The summed E-state index contributed by atoms with van der Waals surface area (Å²) >= 11 is 1.14. The van der Waals surface area contributed by atoms with E-state index in [1.54, 1.807) is 11.4 Å². The third-order valence-electron chi connectivity index (χ3n) is 1.37. The molecule has 0 amide bonds. The summed E-state index contributed by atoms with van der Waals surface area (Å²) < 4.78 is 23.5. The largest absolute Gasteiger partial charge is 0.296 e. The van der Waals surface area contributed by atoms with Crippen molar-refractivity contribution in [3.63, 3.8) is 0 Å². The van der Waals surface area contributed by atoms with Crippen molar-refractivity contribution in [1.82, 2.24) is 0 Å². The molecule has 0 spiro atoms. The van der Waals surface area contributed by atoms with Crippen LogP contribution in [-0.4, -0.2) is 18.0 Å². The summed E-state index contributed by atoms with van der Waals surface area (Å²) in [6, 6.07) is 3.14. The molecule has 0 fully saturated rings. The van der Waals surface area contributed by atoms with E-state index in [1.165, 1.54) is 6.07 Å². The summed E-state index contributed by atoms with van der Waals surface area (Å²) in [5, 5.41) is 1.65. The molecule has 1 aromatic rings. The van der Waals surface area contributed by atoms with Crippen molar-refractivity contribution in [3.05, 3.63) is 22.4 Å². The van der Waals surface area contributed by atoms with E-state index < -0.39 is 24.4 Å². The van der Waals surface area contributed by atoms with Crippen molar-refractivity contribution in [2.45, 2.75) is 12.8 Å². The van der Waals surface area contributed by atoms with E-state index in [2.05, 4.69) is 0 Å². The number of hydrogen-bond donors (Lipinski definition) is 0. The molecule has 13 heavy (non-hydrogen) atoms. The number of thiophene rings is 1. The number of carbonyl (C=O) groups excluding carboxylic acids is 2. The van der Waals surface area contributed by atoms with Crippen molar-refractivity contribution in [2.75, 3.05) is 0 Å². The number of ketones is 2. The molecule has 70 valence electrons. The van der Waals surface area contributed by atoms with E-state index >= 15 is 0 Å². The van der Waals surface area contributed by atoms with Crippen molar-refractivity contribution in [1.29, 1.82) is 0 Å². The molecule has 0 saturated carbocycles. The van der Waals surface area contributed by atoms with E-state index in [0.717, 1.165) is 11.3 Å². The van der Waals surface area contributed by atoms with Gasteiger partial charge in [-0.3, -0.25) is 9.59 Å². The van der Waals surface area contributed by atoms with Crippen molar-refractivity contribution < 1.29 is 18.4 Å². The van der Waals surface area contributed by atoms with E-state index in [9.17, 15) is 18.4 Å². The molecule has 0 bridgehead atoms. The Hall–Kier alpha value is -1.10. The highest BCUT2D eigenvalue weighted by Gasteiger charge is 2.20. The monoisotopic (exact) mass is 204 g/mol. The van der Waals surface area contributed by atoms with Crippen LogP contribution in [0.3, 0.4) is 0 Å². The third-order valence-corrected chi connectivity index (χ3v) is 2.29. The zero-order valence-corrected chi connectivity index (χ0v) is 7.31. The predicted molar refractivity (Wildman–Crippen MR) is 44.3 cm³/mol. The van der Waals surface area contributed by atoms with Gasteiger partial charge in [-0.25, -0.2) is 8.78 Å². The minimum Gasteiger partial charge on any atom is -0.293 e. The minimum atomic E-state index is -3.05. The topological polar surface area (TPSA) is 34.1 Å². The van der Waals surface area contributed by atoms with Gasteiger partial charge in [-0.05, 0) is 11.4 Å². The van der Waals surface area contributed by atoms with Crippen LogP contribution in [0.25, 0.3) is 0 Å². The van der Waals surface area contributed by atoms with Gasteiger partial charge in [0.05, 0.1) is 11.3 Å². The molecule has 2 nitrogen and oxygen atoms in total. The first kappa shape index (κ1) is 9.98. The van der Waals surface area contributed by atoms with Crippen LogP contribution in [-0.2, 0) is 4.79 Å². The first-order valence-electron chi connectivity index (χ1n) is 3.49. The maximum atomic E-state index is 11.7. The first-order chi connectivity index (χ1) is 6.11. The van der Waals surface area contributed by atoms with Crippen molar-refractivity contribution in [2.24, 2.45) is 0 Å². The third kappa shape index (κ3) is 2.69. The number of Topliss-reactive ketones (excluding diaryl/α,β-unsaturated/α-hetero) is 2. The summed E-state index contributed by atoms with van der Waals surface area (Å²) in [5.41, 5.74) is 0. The van der Waals surface area contributed by atoms with Gasteiger partial charge in [-0.1, -0.05) is 6.07 Å². The molecule has 0 saturated heterocycles. The van der Waals surface area contributed by atoms with Crippen LogP contribution in [0.5, 0.6) is 0 Å². The number of hydrogen-bond acceptors (Lipinski definition) is 3. The lowest BCUT2D eigenvalue weighted by molar-refractivity contribution is -0.128. The first-order valence-corrected chi connectivity index (χ1v) is 4.37. The van der Waals surface area contributed by atoms with Crippen LogP contribution in [0.1, 0.15) is 16.1 Å². The number of rotatable bonds is 4. The van der Waals surface area contributed by atoms with Gasteiger partial charge < -0.3 is 0 Å². The van der Waals surface area contributed by atoms with Crippen LogP contribution in [0.2, 0.25) is 0 Å². The second kappa shape index (κ2) is 4.23. The highest BCUT2D eigenvalue weighted by Crippen LogP contribution is 2.12. The quantitative estimate of drug-likeness (QED) is 0.556. The molecule has 0 unspecified atom stereocenters. The fourth-order valence-electron chi connectivity index (χ4n) is 0.760. The molecule has 5 heteroatoms. The summed E-state index contributed by atoms with van der Waals surface area (Å²) in [4.78, 5) is 21.9. The molecule has 0 aromatic carbocycles. The fourth-order valence-corrected chi connectivity index (χ4v) is 1.42.